The van der Waals surface area contributed by atoms with Crippen LogP contribution >= 0.6 is 0 Å². The second kappa shape index (κ2) is 6.21. The van der Waals surface area contributed by atoms with Crippen molar-refractivity contribution in [3.63, 3.8) is 0 Å². The molecule has 8 aromatic rings. The maximum Gasteiger partial charge on any atom is 0.139 e. The van der Waals surface area contributed by atoms with Gasteiger partial charge >= 0.3 is 0 Å². The summed E-state index contributed by atoms with van der Waals surface area (Å²) in [6.45, 7) is 6.64. The number of hydrogen-bond donors (Lipinski definition) is 2. The summed E-state index contributed by atoms with van der Waals surface area (Å²) in [4.78, 5) is 0. The Morgan fingerprint density at radius 2 is 1.39 bits per heavy atom. The van der Waals surface area contributed by atoms with E-state index in [0.717, 1.165) is 65.2 Å². The molecule has 0 aliphatic rings. The fourth-order valence-electron chi connectivity index (χ4n) is 6.01. The molecule has 0 radical (unpaired) electrons. The molecule has 0 atom stereocenters. The Hall–Kier alpha value is -4.44. The molecule has 3 heterocycles. The van der Waals surface area contributed by atoms with Gasteiger partial charge in [-0.05, 0) is 82.4 Å². The third-order valence-electron chi connectivity index (χ3n) is 7.81. The van der Waals surface area contributed by atoms with Gasteiger partial charge in [0.25, 0.3) is 0 Å². The standard InChI is InChI=1S/C32H23NO3/c1-32(2,3)18-4-8-25-24(14-18)30-27(35)9-7-21-22-10-16-11-23-20-6-5-19(34)15-29(20)36-28(23)13-17(16)12-26(22)33(25)31(21)30/h4-15,34-35H,1-3H3. The van der Waals surface area contributed by atoms with Crippen LogP contribution in [0, 0.1) is 0 Å². The van der Waals surface area contributed by atoms with Crippen LogP contribution in [0.2, 0.25) is 0 Å². The number of rotatable bonds is 0. The van der Waals surface area contributed by atoms with E-state index in [1.165, 1.54) is 5.56 Å². The zero-order chi connectivity index (χ0) is 24.5. The predicted molar refractivity (Wildman–Crippen MR) is 148 cm³/mol. The van der Waals surface area contributed by atoms with Crippen molar-refractivity contribution in [1.82, 2.24) is 4.40 Å². The summed E-state index contributed by atoms with van der Waals surface area (Å²) in [5.41, 5.74) is 6.01. The summed E-state index contributed by atoms with van der Waals surface area (Å²) in [5.74, 6) is 0.510. The Morgan fingerprint density at radius 1 is 0.639 bits per heavy atom. The first kappa shape index (κ1) is 19.8. The van der Waals surface area contributed by atoms with Gasteiger partial charge < -0.3 is 19.0 Å². The number of fused-ring (bicyclic) bond motifs is 10. The van der Waals surface area contributed by atoms with Gasteiger partial charge in [0.2, 0.25) is 0 Å². The molecule has 0 saturated carbocycles. The van der Waals surface area contributed by atoms with E-state index in [4.69, 9.17) is 4.42 Å². The Labute approximate surface area is 205 Å². The molecular formula is C32H23NO3. The van der Waals surface area contributed by atoms with Crippen LogP contribution in [-0.2, 0) is 5.41 Å². The van der Waals surface area contributed by atoms with E-state index in [2.05, 4.69) is 67.6 Å². The maximum atomic E-state index is 11.0. The highest BCUT2D eigenvalue weighted by Crippen LogP contribution is 2.45. The monoisotopic (exact) mass is 469 g/mol. The Bertz CT molecular complexity index is 2210. The molecule has 0 unspecified atom stereocenters. The van der Waals surface area contributed by atoms with Gasteiger partial charge in [-0.1, -0.05) is 26.8 Å². The Morgan fingerprint density at radius 3 is 2.22 bits per heavy atom. The molecule has 0 aliphatic carbocycles. The van der Waals surface area contributed by atoms with Crippen molar-refractivity contribution in [2.24, 2.45) is 0 Å². The fraction of sp³-hybridized carbons (Fsp3) is 0.125. The summed E-state index contributed by atoms with van der Waals surface area (Å²) in [6.07, 6.45) is 0. The van der Waals surface area contributed by atoms with Crippen LogP contribution in [0.25, 0.3) is 70.8 Å². The van der Waals surface area contributed by atoms with Crippen LogP contribution in [0.4, 0.5) is 0 Å². The van der Waals surface area contributed by atoms with Gasteiger partial charge in [-0.25, -0.2) is 0 Å². The zero-order valence-corrected chi connectivity index (χ0v) is 20.2. The summed E-state index contributed by atoms with van der Waals surface area (Å²) in [7, 11) is 0. The van der Waals surface area contributed by atoms with Crippen molar-refractivity contribution in [3.8, 4) is 11.5 Å². The number of benzene rings is 5. The van der Waals surface area contributed by atoms with Crippen molar-refractivity contribution in [2.75, 3.05) is 0 Å². The van der Waals surface area contributed by atoms with E-state index in [-0.39, 0.29) is 11.2 Å². The minimum atomic E-state index is 0.0167. The summed E-state index contributed by atoms with van der Waals surface area (Å²) in [5, 5.41) is 29.4. The molecule has 174 valence electrons. The van der Waals surface area contributed by atoms with Gasteiger partial charge in [0.1, 0.15) is 22.7 Å². The predicted octanol–water partition coefficient (Wildman–Crippen LogP) is 8.60. The number of aromatic hydroxyl groups is 2. The average Bonchev–Trinajstić information content (AvgIpc) is 3.46. The minimum absolute atomic E-state index is 0.0167. The maximum absolute atomic E-state index is 11.0. The van der Waals surface area contributed by atoms with Crippen molar-refractivity contribution in [3.05, 3.63) is 78.4 Å². The lowest BCUT2D eigenvalue weighted by Crippen LogP contribution is -2.10. The first-order valence-electron chi connectivity index (χ1n) is 12.2. The van der Waals surface area contributed by atoms with E-state index in [9.17, 15) is 10.2 Å². The Balaban J connectivity index is 1.53. The number of nitrogens with zero attached hydrogens (tertiary/aromatic N) is 1. The number of aromatic nitrogens is 1. The first-order valence-corrected chi connectivity index (χ1v) is 12.2. The molecule has 0 saturated heterocycles. The van der Waals surface area contributed by atoms with E-state index < -0.39 is 0 Å². The SMILES string of the molecule is CC(C)(C)c1ccc2c(c1)c1c(O)ccc3c4cc5cc6c(cc5cc4n2c31)oc1cc(O)ccc16. The van der Waals surface area contributed by atoms with Gasteiger partial charge in [-0.15, -0.1) is 0 Å². The molecule has 8 rings (SSSR count). The van der Waals surface area contributed by atoms with Crippen LogP contribution in [0.1, 0.15) is 26.3 Å². The molecule has 4 nitrogen and oxygen atoms in total. The topological polar surface area (TPSA) is 58.0 Å². The molecule has 0 aliphatic heterocycles. The van der Waals surface area contributed by atoms with Gasteiger partial charge in [0.15, 0.2) is 0 Å². The number of hydrogen-bond acceptors (Lipinski definition) is 3. The molecule has 3 aromatic heterocycles. The normalized spacial score (nSPS) is 13.1. The van der Waals surface area contributed by atoms with Gasteiger partial charge in [0.05, 0.1) is 21.9 Å². The first-order chi connectivity index (χ1) is 17.3. The van der Waals surface area contributed by atoms with E-state index in [0.29, 0.717) is 11.3 Å². The van der Waals surface area contributed by atoms with Crippen LogP contribution in [0.5, 0.6) is 11.5 Å². The lowest BCUT2D eigenvalue weighted by molar-refractivity contribution is 0.475. The van der Waals surface area contributed by atoms with Gasteiger partial charge in [-0.3, -0.25) is 0 Å². The van der Waals surface area contributed by atoms with Crippen molar-refractivity contribution < 1.29 is 14.6 Å². The molecule has 0 spiro atoms. The van der Waals surface area contributed by atoms with Gasteiger partial charge in [-0.2, -0.15) is 0 Å². The molecule has 0 amide bonds. The minimum Gasteiger partial charge on any atom is -0.508 e. The largest absolute Gasteiger partial charge is 0.508 e. The van der Waals surface area contributed by atoms with Crippen LogP contribution in [-0.4, -0.2) is 14.6 Å². The third kappa shape index (κ3) is 2.38. The number of furan rings is 1. The summed E-state index contributed by atoms with van der Waals surface area (Å²) < 4.78 is 8.39. The van der Waals surface area contributed by atoms with Crippen molar-refractivity contribution >= 4 is 70.8 Å². The molecule has 5 aromatic carbocycles. The highest BCUT2D eigenvalue weighted by Gasteiger charge is 2.22. The second-order valence-corrected chi connectivity index (χ2v) is 11.0. The Kier molecular flexibility index (Phi) is 3.42. The molecule has 2 N–H and O–H groups in total. The summed E-state index contributed by atoms with van der Waals surface area (Å²) >= 11 is 0. The van der Waals surface area contributed by atoms with Gasteiger partial charge in [0, 0.05) is 33.0 Å². The lowest BCUT2D eigenvalue weighted by atomic mass is 9.86. The fourth-order valence-corrected chi connectivity index (χ4v) is 6.01. The van der Waals surface area contributed by atoms with Crippen molar-refractivity contribution in [2.45, 2.75) is 26.2 Å². The second-order valence-electron chi connectivity index (χ2n) is 11.0. The molecule has 0 bridgehead atoms. The van der Waals surface area contributed by atoms with E-state index in [1.54, 1.807) is 12.1 Å². The number of phenolic OH excluding ortho intramolecular Hbond substituents is 2. The summed E-state index contributed by atoms with van der Waals surface area (Å²) in [6, 6.07) is 24.5. The highest BCUT2D eigenvalue weighted by atomic mass is 16.3. The lowest BCUT2D eigenvalue weighted by Gasteiger charge is -2.19. The average molecular weight is 470 g/mol. The highest BCUT2D eigenvalue weighted by molar-refractivity contribution is 6.26. The molecule has 36 heavy (non-hydrogen) atoms. The van der Waals surface area contributed by atoms with E-state index >= 15 is 0 Å². The smallest absolute Gasteiger partial charge is 0.139 e. The van der Waals surface area contributed by atoms with Crippen LogP contribution in [0.3, 0.4) is 0 Å². The molecule has 4 heteroatoms. The van der Waals surface area contributed by atoms with Crippen molar-refractivity contribution in [1.29, 1.82) is 0 Å². The quantitative estimate of drug-likeness (QED) is 0.234. The van der Waals surface area contributed by atoms with Crippen LogP contribution in [0.15, 0.2) is 77.2 Å². The number of phenols is 2. The molecule has 0 fully saturated rings. The van der Waals surface area contributed by atoms with E-state index in [1.807, 2.05) is 18.2 Å². The third-order valence-corrected chi connectivity index (χ3v) is 7.81. The molecular weight excluding hydrogens is 446 g/mol. The zero-order valence-electron chi connectivity index (χ0n) is 20.2. The van der Waals surface area contributed by atoms with Crippen LogP contribution < -0.4 is 0 Å².